The maximum absolute atomic E-state index is 13.5. The fourth-order valence-electron chi connectivity index (χ4n) is 4.77. The van der Waals surface area contributed by atoms with Crippen molar-refractivity contribution in [2.45, 2.75) is 39.2 Å². The number of nitrogens with zero attached hydrogens (tertiary/aromatic N) is 3. The highest BCUT2D eigenvalue weighted by Crippen LogP contribution is 2.37. The molecule has 1 saturated heterocycles. The molecular weight excluding hydrogens is 430 g/mol. The highest BCUT2D eigenvalue weighted by molar-refractivity contribution is 6.03. The minimum absolute atomic E-state index is 0.0480. The van der Waals surface area contributed by atoms with Crippen LogP contribution in [0.4, 0.5) is 0 Å². The molecule has 1 fully saturated rings. The molecule has 1 unspecified atom stereocenters. The van der Waals surface area contributed by atoms with Gasteiger partial charge in [0.25, 0.3) is 5.91 Å². The van der Waals surface area contributed by atoms with Crippen LogP contribution < -0.4 is 4.74 Å². The van der Waals surface area contributed by atoms with Crippen molar-refractivity contribution in [2.24, 2.45) is 11.0 Å². The minimum Gasteiger partial charge on any atom is -0.496 e. The Kier molecular flexibility index (Phi) is 7.63. The lowest BCUT2D eigenvalue weighted by atomic mass is 9.96. The van der Waals surface area contributed by atoms with Gasteiger partial charge in [0.15, 0.2) is 0 Å². The summed E-state index contributed by atoms with van der Waals surface area (Å²) >= 11 is 0. The fraction of sp³-hybridized carbons (Fsp3) is 0.444. The third kappa shape index (κ3) is 5.30. The zero-order valence-electron chi connectivity index (χ0n) is 20.2. The summed E-state index contributed by atoms with van der Waals surface area (Å²) in [5.74, 6) is 0.497. The van der Waals surface area contributed by atoms with Crippen LogP contribution in [0.1, 0.15) is 48.9 Å². The van der Waals surface area contributed by atoms with Crippen molar-refractivity contribution in [3.63, 3.8) is 0 Å². The smallest absolute Gasteiger partial charge is 0.309 e. The summed E-state index contributed by atoms with van der Waals surface area (Å²) in [6, 6.07) is 15.8. The molecule has 0 N–H and O–H groups in total. The SMILES string of the molecule is CCOC(=O)C1CCN(CC(=O)N2N=C(c3cccc(C)c3)CC2c2ccccc2OC)CC1. The number of hydrogen-bond donors (Lipinski definition) is 0. The molecule has 0 aliphatic carbocycles. The third-order valence-corrected chi connectivity index (χ3v) is 6.58. The van der Waals surface area contributed by atoms with Gasteiger partial charge in [-0.05, 0) is 51.4 Å². The number of carbonyl (C=O) groups is 2. The molecule has 0 radical (unpaired) electrons. The van der Waals surface area contributed by atoms with Gasteiger partial charge in [-0.1, -0.05) is 48.0 Å². The van der Waals surface area contributed by atoms with Gasteiger partial charge in [-0.3, -0.25) is 14.5 Å². The topological polar surface area (TPSA) is 71.4 Å². The van der Waals surface area contributed by atoms with E-state index in [2.05, 4.69) is 24.0 Å². The van der Waals surface area contributed by atoms with Gasteiger partial charge in [-0.15, -0.1) is 0 Å². The van der Waals surface area contributed by atoms with Gasteiger partial charge in [-0.2, -0.15) is 5.10 Å². The molecule has 0 saturated carbocycles. The number of piperidine rings is 1. The van der Waals surface area contributed by atoms with Crippen LogP contribution in [0.5, 0.6) is 5.75 Å². The zero-order valence-corrected chi connectivity index (χ0v) is 20.2. The largest absolute Gasteiger partial charge is 0.496 e. The molecule has 2 aliphatic heterocycles. The molecule has 2 heterocycles. The maximum atomic E-state index is 13.5. The lowest BCUT2D eigenvalue weighted by Gasteiger charge is -2.32. The van der Waals surface area contributed by atoms with E-state index in [9.17, 15) is 9.59 Å². The van der Waals surface area contributed by atoms with Gasteiger partial charge in [0, 0.05) is 12.0 Å². The maximum Gasteiger partial charge on any atom is 0.309 e. The van der Waals surface area contributed by atoms with Crippen LogP contribution in [-0.4, -0.2) is 60.8 Å². The van der Waals surface area contributed by atoms with Crippen LogP contribution in [-0.2, 0) is 14.3 Å². The number of methoxy groups -OCH3 is 1. The number of esters is 1. The Labute approximate surface area is 201 Å². The molecule has 4 rings (SSSR count). The number of amides is 1. The average Bonchev–Trinajstić information content (AvgIpc) is 3.30. The van der Waals surface area contributed by atoms with Gasteiger partial charge >= 0.3 is 5.97 Å². The Balaban J connectivity index is 1.52. The first-order valence-corrected chi connectivity index (χ1v) is 12.0. The Morgan fingerprint density at radius 2 is 1.85 bits per heavy atom. The molecule has 7 heteroatoms. The molecule has 0 aromatic heterocycles. The second-order valence-corrected chi connectivity index (χ2v) is 8.92. The Bertz CT molecular complexity index is 1060. The summed E-state index contributed by atoms with van der Waals surface area (Å²) in [6.45, 7) is 5.93. The van der Waals surface area contributed by atoms with Crippen LogP contribution in [0.3, 0.4) is 0 Å². The first-order valence-electron chi connectivity index (χ1n) is 12.0. The van der Waals surface area contributed by atoms with E-state index in [0.29, 0.717) is 39.0 Å². The summed E-state index contributed by atoms with van der Waals surface area (Å²) < 4.78 is 10.8. The number of para-hydroxylation sites is 1. The van der Waals surface area contributed by atoms with E-state index in [1.54, 1.807) is 12.1 Å². The third-order valence-electron chi connectivity index (χ3n) is 6.58. The van der Waals surface area contributed by atoms with Crippen molar-refractivity contribution < 1.29 is 19.1 Å². The highest BCUT2D eigenvalue weighted by atomic mass is 16.5. The van der Waals surface area contributed by atoms with Crippen LogP contribution in [0.2, 0.25) is 0 Å². The molecular formula is C27H33N3O4. The number of benzene rings is 2. The number of carbonyl (C=O) groups excluding carboxylic acids is 2. The van der Waals surface area contributed by atoms with E-state index in [0.717, 1.165) is 28.2 Å². The van der Waals surface area contributed by atoms with Gasteiger partial charge in [0.05, 0.1) is 37.9 Å². The standard InChI is InChI=1S/C27H33N3O4/c1-4-34-27(32)20-12-14-29(15-13-20)18-26(31)30-24(22-10-5-6-11-25(22)33-3)17-23(28-30)21-9-7-8-19(2)16-21/h5-11,16,20,24H,4,12-15,17-18H2,1-3H3. The predicted molar refractivity (Wildman–Crippen MR) is 131 cm³/mol. The van der Waals surface area contributed by atoms with Crippen LogP contribution >= 0.6 is 0 Å². The fourth-order valence-corrected chi connectivity index (χ4v) is 4.77. The summed E-state index contributed by atoms with van der Waals surface area (Å²) in [4.78, 5) is 27.7. The van der Waals surface area contributed by atoms with Crippen molar-refractivity contribution in [1.82, 2.24) is 9.91 Å². The molecule has 1 atom stereocenters. The lowest BCUT2D eigenvalue weighted by molar-refractivity contribution is -0.149. The molecule has 2 aromatic rings. The van der Waals surface area contributed by atoms with Crippen molar-refractivity contribution >= 4 is 17.6 Å². The first-order chi connectivity index (χ1) is 16.5. The first kappa shape index (κ1) is 24.0. The molecule has 1 amide bonds. The number of ether oxygens (including phenoxy) is 2. The normalized spacial score (nSPS) is 19.1. The summed E-state index contributed by atoms with van der Waals surface area (Å²) in [5.41, 5.74) is 4.04. The molecule has 2 aliphatic rings. The van der Waals surface area contributed by atoms with E-state index < -0.39 is 0 Å². The van der Waals surface area contributed by atoms with E-state index in [4.69, 9.17) is 14.6 Å². The second kappa shape index (κ2) is 10.8. The summed E-state index contributed by atoms with van der Waals surface area (Å²) in [5, 5.41) is 6.44. The Morgan fingerprint density at radius 3 is 2.56 bits per heavy atom. The lowest BCUT2D eigenvalue weighted by Crippen LogP contribution is -2.43. The van der Waals surface area contributed by atoms with Crippen LogP contribution in [0.25, 0.3) is 0 Å². The summed E-state index contributed by atoms with van der Waals surface area (Å²) in [7, 11) is 1.65. The van der Waals surface area contributed by atoms with E-state index in [1.165, 1.54) is 0 Å². The number of rotatable bonds is 7. The van der Waals surface area contributed by atoms with Crippen molar-refractivity contribution in [3.05, 3.63) is 65.2 Å². The quantitative estimate of drug-likeness (QED) is 0.582. The molecule has 0 spiro atoms. The van der Waals surface area contributed by atoms with Crippen molar-refractivity contribution in [3.8, 4) is 5.75 Å². The van der Waals surface area contributed by atoms with Crippen molar-refractivity contribution in [2.75, 3.05) is 33.4 Å². The Hall–Kier alpha value is -3.19. The number of aryl methyl sites for hydroxylation is 1. The monoisotopic (exact) mass is 463 g/mol. The number of hydrogen-bond acceptors (Lipinski definition) is 6. The average molecular weight is 464 g/mol. The Morgan fingerprint density at radius 1 is 1.09 bits per heavy atom. The summed E-state index contributed by atoms with van der Waals surface area (Å²) in [6.07, 6.45) is 2.04. The minimum atomic E-state index is -0.226. The zero-order chi connectivity index (χ0) is 24.1. The second-order valence-electron chi connectivity index (χ2n) is 8.92. The van der Waals surface area contributed by atoms with E-state index >= 15 is 0 Å². The number of likely N-dealkylation sites (tertiary alicyclic amines) is 1. The highest BCUT2D eigenvalue weighted by Gasteiger charge is 2.36. The predicted octanol–water partition coefficient (Wildman–Crippen LogP) is 3.96. The molecule has 180 valence electrons. The van der Waals surface area contributed by atoms with Crippen LogP contribution in [0, 0.1) is 12.8 Å². The van der Waals surface area contributed by atoms with Gasteiger partial charge in [-0.25, -0.2) is 5.01 Å². The molecule has 7 nitrogen and oxygen atoms in total. The molecule has 2 aromatic carbocycles. The van der Waals surface area contributed by atoms with Gasteiger partial charge in [0.1, 0.15) is 5.75 Å². The van der Waals surface area contributed by atoms with Gasteiger partial charge in [0.2, 0.25) is 0 Å². The van der Waals surface area contributed by atoms with Crippen LogP contribution in [0.15, 0.2) is 53.6 Å². The van der Waals surface area contributed by atoms with E-state index in [-0.39, 0.29) is 30.4 Å². The number of hydrazone groups is 1. The van der Waals surface area contributed by atoms with Crippen molar-refractivity contribution in [1.29, 1.82) is 0 Å². The molecule has 0 bridgehead atoms. The molecule has 34 heavy (non-hydrogen) atoms. The van der Waals surface area contributed by atoms with Gasteiger partial charge < -0.3 is 9.47 Å². The van der Waals surface area contributed by atoms with E-state index in [1.807, 2.05) is 43.3 Å².